The third kappa shape index (κ3) is 3.85. The van der Waals surface area contributed by atoms with Crippen molar-refractivity contribution in [3.63, 3.8) is 0 Å². The second-order valence-electron chi connectivity index (χ2n) is 5.34. The zero-order chi connectivity index (χ0) is 12.5. The molecule has 0 spiro atoms. The first-order valence-corrected chi connectivity index (χ1v) is 6.54. The average Bonchev–Trinajstić information content (AvgIpc) is 2.99. The minimum absolute atomic E-state index is 0.102. The van der Waals surface area contributed by atoms with E-state index in [0.717, 1.165) is 32.2 Å². The summed E-state index contributed by atoms with van der Waals surface area (Å²) in [5, 5.41) is 3.40. The number of alkyl halides is 3. The van der Waals surface area contributed by atoms with Crippen LogP contribution in [0.1, 0.15) is 32.6 Å². The highest BCUT2D eigenvalue weighted by Gasteiger charge is 2.42. The van der Waals surface area contributed by atoms with Gasteiger partial charge in [-0.15, -0.1) is 0 Å². The molecule has 100 valence electrons. The summed E-state index contributed by atoms with van der Waals surface area (Å²) in [7, 11) is 0. The van der Waals surface area contributed by atoms with Crippen molar-refractivity contribution in [2.24, 2.45) is 5.92 Å². The van der Waals surface area contributed by atoms with Crippen LogP contribution in [0.2, 0.25) is 0 Å². The molecule has 2 atom stereocenters. The van der Waals surface area contributed by atoms with Crippen LogP contribution in [-0.4, -0.2) is 42.8 Å². The Labute approximate surface area is 101 Å². The van der Waals surface area contributed by atoms with Crippen molar-refractivity contribution in [1.82, 2.24) is 10.2 Å². The molecule has 1 aliphatic carbocycles. The molecule has 2 unspecified atom stereocenters. The van der Waals surface area contributed by atoms with Crippen LogP contribution < -0.4 is 5.32 Å². The Kier molecular flexibility index (Phi) is 3.98. The molecule has 0 aromatic carbocycles. The Morgan fingerprint density at radius 1 is 1.29 bits per heavy atom. The third-order valence-corrected chi connectivity index (χ3v) is 3.73. The summed E-state index contributed by atoms with van der Waals surface area (Å²) in [4.78, 5) is 1.66. The van der Waals surface area contributed by atoms with E-state index in [4.69, 9.17) is 0 Å². The Hall–Kier alpha value is -0.290. The minimum Gasteiger partial charge on any atom is -0.311 e. The van der Waals surface area contributed by atoms with E-state index in [-0.39, 0.29) is 12.1 Å². The SMILES string of the molecule is CCCC1CN(CC(F)(F)F)C(C2CC2)CN1. The summed E-state index contributed by atoms with van der Waals surface area (Å²) in [5.41, 5.74) is 0. The zero-order valence-electron chi connectivity index (χ0n) is 10.3. The van der Waals surface area contributed by atoms with E-state index in [1.165, 1.54) is 0 Å². The van der Waals surface area contributed by atoms with Crippen molar-refractivity contribution in [3.05, 3.63) is 0 Å². The predicted octanol–water partition coefficient (Wildman–Crippen LogP) is 2.40. The maximum atomic E-state index is 12.5. The molecule has 1 N–H and O–H groups in total. The molecule has 2 rings (SSSR count). The van der Waals surface area contributed by atoms with Crippen LogP contribution in [0, 0.1) is 5.92 Å². The molecule has 2 fully saturated rings. The summed E-state index contributed by atoms with van der Waals surface area (Å²) in [5.74, 6) is 0.493. The summed E-state index contributed by atoms with van der Waals surface area (Å²) in [6.07, 6.45) is 0.108. The van der Waals surface area contributed by atoms with E-state index in [1.54, 1.807) is 4.90 Å². The van der Waals surface area contributed by atoms with Crippen molar-refractivity contribution in [2.45, 2.75) is 50.9 Å². The van der Waals surface area contributed by atoms with Crippen LogP contribution in [0.5, 0.6) is 0 Å². The molecule has 1 heterocycles. The standard InChI is InChI=1S/C12H21F3N2/c1-2-3-10-7-17(8-12(13,14)15)11(6-16-10)9-4-5-9/h9-11,16H,2-8H2,1H3. The molecule has 1 aliphatic heterocycles. The molecule has 5 heteroatoms. The van der Waals surface area contributed by atoms with Crippen LogP contribution in [0.3, 0.4) is 0 Å². The zero-order valence-corrected chi connectivity index (χ0v) is 10.3. The van der Waals surface area contributed by atoms with Gasteiger partial charge in [0.15, 0.2) is 0 Å². The lowest BCUT2D eigenvalue weighted by Gasteiger charge is -2.41. The number of hydrogen-bond acceptors (Lipinski definition) is 2. The van der Waals surface area contributed by atoms with Gasteiger partial charge in [-0.3, -0.25) is 4.90 Å². The first-order valence-electron chi connectivity index (χ1n) is 6.54. The number of rotatable bonds is 4. The van der Waals surface area contributed by atoms with Gasteiger partial charge in [0.2, 0.25) is 0 Å². The van der Waals surface area contributed by atoms with E-state index in [0.29, 0.717) is 12.5 Å². The van der Waals surface area contributed by atoms with Crippen LogP contribution >= 0.6 is 0 Å². The Balaban J connectivity index is 1.94. The highest BCUT2D eigenvalue weighted by molar-refractivity contribution is 4.95. The Morgan fingerprint density at radius 3 is 2.53 bits per heavy atom. The van der Waals surface area contributed by atoms with Crippen molar-refractivity contribution in [3.8, 4) is 0 Å². The number of hydrogen-bond donors (Lipinski definition) is 1. The topological polar surface area (TPSA) is 15.3 Å². The third-order valence-electron chi connectivity index (χ3n) is 3.73. The first kappa shape index (κ1) is 13.1. The van der Waals surface area contributed by atoms with Crippen LogP contribution in [0.15, 0.2) is 0 Å². The first-order chi connectivity index (χ1) is 7.99. The highest BCUT2D eigenvalue weighted by atomic mass is 19.4. The molecule has 0 aromatic rings. The van der Waals surface area contributed by atoms with E-state index in [9.17, 15) is 13.2 Å². The molecule has 0 aromatic heterocycles. The quantitative estimate of drug-likeness (QED) is 0.824. The molecule has 2 aliphatic rings. The lowest BCUT2D eigenvalue weighted by molar-refractivity contribution is -0.155. The van der Waals surface area contributed by atoms with E-state index in [2.05, 4.69) is 12.2 Å². The molecule has 0 amide bonds. The van der Waals surface area contributed by atoms with Gasteiger partial charge in [-0.25, -0.2) is 0 Å². The van der Waals surface area contributed by atoms with Gasteiger partial charge in [-0.2, -0.15) is 13.2 Å². The molecular formula is C12H21F3N2. The van der Waals surface area contributed by atoms with Crippen LogP contribution in [0.4, 0.5) is 13.2 Å². The monoisotopic (exact) mass is 250 g/mol. The molecule has 17 heavy (non-hydrogen) atoms. The highest BCUT2D eigenvalue weighted by Crippen LogP contribution is 2.37. The Morgan fingerprint density at radius 2 is 2.00 bits per heavy atom. The molecule has 0 bridgehead atoms. The van der Waals surface area contributed by atoms with Crippen LogP contribution in [-0.2, 0) is 0 Å². The summed E-state index contributed by atoms with van der Waals surface area (Å²) < 4.78 is 37.6. The van der Waals surface area contributed by atoms with Crippen molar-refractivity contribution in [1.29, 1.82) is 0 Å². The largest absolute Gasteiger partial charge is 0.401 e. The molecule has 0 radical (unpaired) electrons. The maximum Gasteiger partial charge on any atom is 0.401 e. The second-order valence-corrected chi connectivity index (χ2v) is 5.34. The molecule has 1 saturated carbocycles. The number of halogens is 3. The van der Waals surface area contributed by atoms with Gasteiger partial charge in [0.05, 0.1) is 6.54 Å². The molecule has 2 nitrogen and oxygen atoms in total. The van der Waals surface area contributed by atoms with Gasteiger partial charge in [-0.1, -0.05) is 13.3 Å². The minimum atomic E-state index is -4.07. The molecule has 1 saturated heterocycles. The van der Waals surface area contributed by atoms with Crippen molar-refractivity contribution in [2.75, 3.05) is 19.6 Å². The van der Waals surface area contributed by atoms with Gasteiger partial charge in [0, 0.05) is 25.2 Å². The second kappa shape index (κ2) is 5.14. The summed E-state index contributed by atoms with van der Waals surface area (Å²) >= 11 is 0. The van der Waals surface area contributed by atoms with E-state index >= 15 is 0 Å². The van der Waals surface area contributed by atoms with E-state index in [1.807, 2.05) is 0 Å². The summed E-state index contributed by atoms with van der Waals surface area (Å²) in [6.45, 7) is 2.61. The predicted molar refractivity (Wildman–Crippen MR) is 60.8 cm³/mol. The fraction of sp³-hybridized carbons (Fsp3) is 1.00. The number of nitrogens with zero attached hydrogens (tertiary/aromatic N) is 1. The fourth-order valence-electron chi connectivity index (χ4n) is 2.80. The van der Waals surface area contributed by atoms with Gasteiger partial charge in [0.1, 0.15) is 0 Å². The lowest BCUT2D eigenvalue weighted by Crippen LogP contribution is -2.59. The normalized spacial score (nSPS) is 31.8. The lowest BCUT2D eigenvalue weighted by atomic mass is 10.0. The average molecular weight is 250 g/mol. The van der Waals surface area contributed by atoms with Gasteiger partial charge >= 0.3 is 6.18 Å². The van der Waals surface area contributed by atoms with Crippen LogP contribution in [0.25, 0.3) is 0 Å². The number of nitrogens with one attached hydrogen (secondary N) is 1. The number of piperazine rings is 1. The van der Waals surface area contributed by atoms with Crippen molar-refractivity contribution < 1.29 is 13.2 Å². The fourth-order valence-corrected chi connectivity index (χ4v) is 2.80. The molecular weight excluding hydrogens is 229 g/mol. The van der Waals surface area contributed by atoms with E-state index < -0.39 is 12.7 Å². The van der Waals surface area contributed by atoms with Gasteiger partial charge < -0.3 is 5.32 Å². The Bertz CT molecular complexity index is 251. The van der Waals surface area contributed by atoms with Gasteiger partial charge in [0.25, 0.3) is 0 Å². The van der Waals surface area contributed by atoms with Gasteiger partial charge in [-0.05, 0) is 25.2 Å². The maximum absolute atomic E-state index is 12.5. The summed E-state index contributed by atoms with van der Waals surface area (Å²) in [6, 6.07) is 0.335. The smallest absolute Gasteiger partial charge is 0.311 e. The van der Waals surface area contributed by atoms with Crippen molar-refractivity contribution >= 4 is 0 Å².